The van der Waals surface area contributed by atoms with E-state index in [1.54, 1.807) is 0 Å². The number of hydrazine groups is 1. The SMILES string of the molecule is Clc1ccccc1C1=CC(=NC2CCCNC2)N2NCC(Br)=C2N1. The molecule has 1 atom stereocenters. The molecule has 4 rings (SSSR count). The van der Waals surface area contributed by atoms with Crippen molar-refractivity contribution in [3.8, 4) is 0 Å². The van der Waals surface area contributed by atoms with Crippen LogP contribution in [0.25, 0.3) is 5.70 Å². The number of rotatable bonds is 2. The third-order valence-corrected chi connectivity index (χ3v) is 5.36. The van der Waals surface area contributed by atoms with Gasteiger partial charge in [0.15, 0.2) is 0 Å². The zero-order valence-corrected chi connectivity index (χ0v) is 15.5. The summed E-state index contributed by atoms with van der Waals surface area (Å²) in [7, 11) is 0. The zero-order chi connectivity index (χ0) is 16.5. The fraction of sp³-hybridized carbons (Fsp3) is 0.353. The van der Waals surface area contributed by atoms with E-state index in [0.29, 0.717) is 6.04 Å². The Kier molecular flexibility index (Phi) is 4.63. The molecule has 3 N–H and O–H groups in total. The number of hydrogen-bond donors (Lipinski definition) is 3. The molecule has 3 heterocycles. The van der Waals surface area contributed by atoms with Crippen molar-refractivity contribution < 1.29 is 0 Å². The van der Waals surface area contributed by atoms with Crippen molar-refractivity contribution in [3.63, 3.8) is 0 Å². The summed E-state index contributed by atoms with van der Waals surface area (Å²) in [5.41, 5.74) is 5.30. The second-order valence-electron chi connectivity index (χ2n) is 6.07. The van der Waals surface area contributed by atoms with E-state index in [1.165, 1.54) is 6.42 Å². The van der Waals surface area contributed by atoms with Gasteiger partial charge in [-0.2, -0.15) is 0 Å². The molecule has 1 fully saturated rings. The smallest absolute Gasteiger partial charge is 0.146 e. The number of amidine groups is 1. The summed E-state index contributed by atoms with van der Waals surface area (Å²) >= 11 is 10.0. The molecule has 0 amide bonds. The molecular formula is C17H19BrClN5. The Hall–Kier alpha value is -1.34. The lowest BCUT2D eigenvalue weighted by Gasteiger charge is -2.31. The molecule has 0 spiro atoms. The average Bonchev–Trinajstić information content (AvgIpc) is 2.98. The molecule has 126 valence electrons. The number of fused-ring (bicyclic) bond motifs is 1. The summed E-state index contributed by atoms with van der Waals surface area (Å²) in [5.74, 6) is 1.90. The Morgan fingerprint density at radius 3 is 2.96 bits per heavy atom. The molecule has 5 nitrogen and oxygen atoms in total. The number of piperidine rings is 1. The van der Waals surface area contributed by atoms with Gasteiger partial charge in [0.1, 0.15) is 11.7 Å². The maximum atomic E-state index is 6.39. The fourth-order valence-corrected chi connectivity index (χ4v) is 3.80. The van der Waals surface area contributed by atoms with Crippen LogP contribution in [-0.2, 0) is 0 Å². The normalized spacial score (nSPS) is 25.6. The minimum absolute atomic E-state index is 0.304. The van der Waals surface area contributed by atoms with E-state index in [2.05, 4.69) is 38.1 Å². The van der Waals surface area contributed by atoms with Crippen molar-refractivity contribution in [1.82, 2.24) is 21.1 Å². The van der Waals surface area contributed by atoms with Gasteiger partial charge >= 0.3 is 0 Å². The Bertz CT molecular complexity index is 736. The molecule has 0 bridgehead atoms. The Balaban J connectivity index is 1.74. The third kappa shape index (κ3) is 3.11. The number of hydrogen-bond acceptors (Lipinski definition) is 4. The molecule has 0 aromatic heterocycles. The van der Waals surface area contributed by atoms with Crippen molar-refractivity contribution in [2.24, 2.45) is 4.99 Å². The summed E-state index contributed by atoms with van der Waals surface area (Å²) in [6, 6.07) is 8.17. The first kappa shape index (κ1) is 16.1. The Morgan fingerprint density at radius 2 is 2.17 bits per heavy atom. The van der Waals surface area contributed by atoms with E-state index >= 15 is 0 Å². The molecule has 3 aliphatic rings. The highest BCUT2D eigenvalue weighted by molar-refractivity contribution is 9.11. The van der Waals surface area contributed by atoms with Crippen molar-refractivity contribution in [2.45, 2.75) is 18.9 Å². The number of nitrogens with zero attached hydrogens (tertiary/aromatic N) is 2. The van der Waals surface area contributed by atoms with Crippen molar-refractivity contribution in [1.29, 1.82) is 0 Å². The summed E-state index contributed by atoms with van der Waals surface area (Å²) in [6.45, 7) is 2.76. The van der Waals surface area contributed by atoms with Crippen molar-refractivity contribution in [3.05, 3.63) is 51.2 Å². The predicted molar refractivity (Wildman–Crippen MR) is 102 cm³/mol. The molecule has 1 saturated heterocycles. The molecule has 7 heteroatoms. The summed E-state index contributed by atoms with van der Waals surface area (Å²) in [6.07, 6.45) is 4.35. The molecule has 0 aliphatic carbocycles. The second-order valence-corrected chi connectivity index (χ2v) is 7.44. The van der Waals surface area contributed by atoms with E-state index < -0.39 is 0 Å². The van der Waals surface area contributed by atoms with E-state index in [-0.39, 0.29) is 0 Å². The van der Waals surface area contributed by atoms with E-state index in [4.69, 9.17) is 16.6 Å². The van der Waals surface area contributed by atoms with Gasteiger partial charge in [-0.05, 0) is 25.5 Å². The largest absolute Gasteiger partial charge is 0.339 e. The fourth-order valence-electron chi connectivity index (χ4n) is 3.16. The number of halogens is 2. The van der Waals surface area contributed by atoms with E-state index in [0.717, 1.165) is 58.5 Å². The van der Waals surface area contributed by atoms with Gasteiger partial charge in [-0.1, -0.05) is 45.7 Å². The first-order chi connectivity index (χ1) is 11.7. The predicted octanol–water partition coefficient (Wildman–Crippen LogP) is 2.82. The number of aliphatic imine (C=N–C) groups is 1. The maximum Gasteiger partial charge on any atom is 0.146 e. The lowest BCUT2D eigenvalue weighted by Crippen LogP contribution is -2.45. The molecule has 1 aromatic rings. The Morgan fingerprint density at radius 1 is 1.29 bits per heavy atom. The first-order valence-electron chi connectivity index (χ1n) is 8.17. The van der Waals surface area contributed by atoms with Gasteiger partial charge in [0.05, 0.1) is 22.8 Å². The van der Waals surface area contributed by atoms with Crippen LogP contribution in [0.2, 0.25) is 5.02 Å². The van der Waals surface area contributed by atoms with Gasteiger partial charge in [-0.3, -0.25) is 4.99 Å². The standard InChI is InChI=1S/C17H19BrClN5/c18-13-10-21-24-16(22-11-4-3-7-20-9-11)8-15(23-17(13)24)12-5-1-2-6-14(12)19/h1-2,5-6,8,11,20-21,23H,3-4,7,9-10H2. The minimum Gasteiger partial charge on any atom is -0.339 e. The summed E-state index contributed by atoms with van der Waals surface area (Å²) in [5, 5.41) is 9.63. The minimum atomic E-state index is 0.304. The van der Waals surface area contributed by atoms with Gasteiger partial charge in [-0.15, -0.1) is 0 Å². The van der Waals surface area contributed by atoms with Crippen LogP contribution in [0.5, 0.6) is 0 Å². The van der Waals surface area contributed by atoms with Gasteiger partial charge in [0.2, 0.25) is 0 Å². The van der Waals surface area contributed by atoms with Gasteiger partial charge in [-0.25, -0.2) is 10.4 Å². The molecule has 0 saturated carbocycles. The Labute approximate surface area is 154 Å². The zero-order valence-electron chi connectivity index (χ0n) is 13.1. The van der Waals surface area contributed by atoms with Crippen LogP contribution in [0.15, 0.2) is 45.6 Å². The summed E-state index contributed by atoms with van der Waals surface area (Å²) in [4.78, 5) is 4.98. The quantitative estimate of drug-likeness (QED) is 0.704. The lowest BCUT2D eigenvalue weighted by atomic mass is 10.1. The number of benzene rings is 1. The molecule has 24 heavy (non-hydrogen) atoms. The van der Waals surface area contributed by atoms with E-state index in [9.17, 15) is 0 Å². The average molecular weight is 409 g/mol. The summed E-state index contributed by atoms with van der Waals surface area (Å²) < 4.78 is 1.08. The van der Waals surface area contributed by atoms with Crippen LogP contribution in [0, 0.1) is 0 Å². The number of nitrogens with one attached hydrogen (secondary N) is 3. The van der Waals surface area contributed by atoms with Crippen molar-refractivity contribution in [2.75, 3.05) is 19.6 Å². The van der Waals surface area contributed by atoms with E-state index in [1.807, 2.05) is 29.3 Å². The van der Waals surface area contributed by atoms with Crippen LogP contribution in [0.1, 0.15) is 18.4 Å². The van der Waals surface area contributed by atoms with Crippen LogP contribution in [-0.4, -0.2) is 36.5 Å². The molecule has 1 unspecified atom stereocenters. The highest BCUT2D eigenvalue weighted by Crippen LogP contribution is 2.30. The molecular weight excluding hydrogens is 390 g/mol. The van der Waals surface area contributed by atoms with Crippen LogP contribution < -0.4 is 16.1 Å². The third-order valence-electron chi connectivity index (χ3n) is 4.38. The van der Waals surface area contributed by atoms with Gasteiger partial charge < -0.3 is 10.6 Å². The lowest BCUT2D eigenvalue weighted by molar-refractivity contribution is 0.400. The molecule has 3 aliphatic heterocycles. The molecule has 0 radical (unpaired) electrons. The maximum absolute atomic E-state index is 6.39. The second kappa shape index (κ2) is 6.88. The van der Waals surface area contributed by atoms with Gasteiger partial charge in [0.25, 0.3) is 0 Å². The van der Waals surface area contributed by atoms with Crippen molar-refractivity contribution >= 4 is 39.1 Å². The first-order valence-corrected chi connectivity index (χ1v) is 9.34. The topological polar surface area (TPSA) is 51.7 Å². The highest BCUT2D eigenvalue weighted by Gasteiger charge is 2.30. The van der Waals surface area contributed by atoms with Crippen LogP contribution >= 0.6 is 27.5 Å². The monoisotopic (exact) mass is 407 g/mol. The van der Waals surface area contributed by atoms with Gasteiger partial charge in [0, 0.05) is 23.2 Å². The highest BCUT2D eigenvalue weighted by atomic mass is 79.9. The van der Waals surface area contributed by atoms with Crippen LogP contribution in [0.4, 0.5) is 0 Å². The molecule has 1 aromatic carbocycles. The van der Waals surface area contributed by atoms with Crippen LogP contribution in [0.3, 0.4) is 0 Å².